The van der Waals surface area contributed by atoms with Crippen LogP contribution in [-0.2, 0) is 21.5 Å². The van der Waals surface area contributed by atoms with Crippen LogP contribution in [-0.4, -0.2) is 28.5 Å². The van der Waals surface area contributed by atoms with Gasteiger partial charge in [0, 0.05) is 32.0 Å². The zero-order valence-corrected chi connectivity index (χ0v) is 19.2. The molecular weight excluding hydrogens is 392 g/mol. The van der Waals surface area contributed by atoms with Crippen molar-refractivity contribution in [1.82, 2.24) is 15.5 Å². The first-order valence-electron chi connectivity index (χ1n) is 11.3. The topological polar surface area (TPSA) is 88.3 Å². The highest BCUT2D eigenvalue weighted by Gasteiger charge is 2.38. The zero-order valence-electron chi connectivity index (χ0n) is 19.2. The molecule has 2 amide bonds. The molecule has 1 heterocycles. The molecule has 0 atom stereocenters. The number of hydrogen-bond donors (Lipinski definition) is 1. The Bertz CT molecular complexity index is 913. The molecule has 1 aliphatic carbocycles. The molecule has 0 saturated heterocycles. The van der Waals surface area contributed by atoms with Crippen LogP contribution in [0.2, 0.25) is 0 Å². The van der Waals surface area contributed by atoms with Gasteiger partial charge in [-0.1, -0.05) is 43.0 Å². The Kier molecular flexibility index (Phi) is 7.46. The molecule has 0 aliphatic heterocycles. The van der Waals surface area contributed by atoms with E-state index in [0.29, 0.717) is 24.7 Å². The van der Waals surface area contributed by atoms with Crippen molar-refractivity contribution in [2.75, 3.05) is 11.4 Å². The maximum atomic E-state index is 13.0. The molecule has 31 heavy (non-hydrogen) atoms. The lowest BCUT2D eigenvalue weighted by Crippen LogP contribution is -2.45. The van der Waals surface area contributed by atoms with Gasteiger partial charge in [0.1, 0.15) is 5.54 Å². The molecule has 1 N–H and O–H groups in total. The monoisotopic (exact) mass is 426 g/mol. The van der Waals surface area contributed by atoms with E-state index in [1.165, 1.54) is 6.92 Å². The fourth-order valence-corrected chi connectivity index (χ4v) is 4.46. The lowest BCUT2D eigenvalue weighted by Gasteiger charge is -2.30. The number of amides is 2. The number of nitrogens with one attached hydrogen (secondary N) is 1. The highest BCUT2D eigenvalue weighted by Crippen LogP contribution is 2.34. The van der Waals surface area contributed by atoms with Crippen LogP contribution in [0.25, 0.3) is 0 Å². The van der Waals surface area contributed by atoms with E-state index in [-0.39, 0.29) is 18.2 Å². The number of anilines is 1. The van der Waals surface area contributed by atoms with Gasteiger partial charge in [-0.3, -0.25) is 9.59 Å². The van der Waals surface area contributed by atoms with Crippen molar-refractivity contribution < 1.29 is 14.1 Å². The summed E-state index contributed by atoms with van der Waals surface area (Å²) in [7, 11) is 0. The molecule has 7 nitrogen and oxygen atoms in total. The maximum Gasteiger partial charge on any atom is 0.227 e. The lowest BCUT2D eigenvalue weighted by molar-refractivity contribution is -0.121. The number of rotatable bonds is 7. The van der Waals surface area contributed by atoms with Crippen molar-refractivity contribution in [3.05, 3.63) is 41.0 Å². The summed E-state index contributed by atoms with van der Waals surface area (Å²) in [5, 5.41) is 7.30. The average molecular weight is 427 g/mol. The van der Waals surface area contributed by atoms with E-state index in [1.807, 2.05) is 37.8 Å². The van der Waals surface area contributed by atoms with Crippen molar-refractivity contribution in [2.24, 2.45) is 0 Å². The fraction of sp³-hybridized carbons (Fsp3) is 0.583. The summed E-state index contributed by atoms with van der Waals surface area (Å²) >= 11 is 0. The van der Waals surface area contributed by atoms with E-state index in [4.69, 9.17) is 4.52 Å². The third-order valence-electron chi connectivity index (χ3n) is 6.09. The van der Waals surface area contributed by atoms with Crippen LogP contribution in [0.15, 0.2) is 22.7 Å². The fourth-order valence-electron chi connectivity index (χ4n) is 4.46. The summed E-state index contributed by atoms with van der Waals surface area (Å²) in [5.74, 6) is 0.917. The van der Waals surface area contributed by atoms with Gasteiger partial charge in [0.2, 0.25) is 17.7 Å². The van der Waals surface area contributed by atoms with Gasteiger partial charge in [-0.15, -0.1) is 0 Å². The molecule has 3 rings (SSSR count). The molecule has 7 heteroatoms. The van der Waals surface area contributed by atoms with Crippen molar-refractivity contribution >= 4 is 17.5 Å². The number of carbonyl (C=O) groups excluding carboxylic acids is 2. The molecule has 168 valence electrons. The van der Waals surface area contributed by atoms with E-state index in [2.05, 4.69) is 21.5 Å². The Morgan fingerprint density at radius 1 is 1.16 bits per heavy atom. The molecule has 0 spiro atoms. The van der Waals surface area contributed by atoms with Crippen LogP contribution in [0.5, 0.6) is 0 Å². The van der Waals surface area contributed by atoms with Gasteiger partial charge in [-0.05, 0) is 50.8 Å². The number of nitrogens with zero attached hydrogens (tertiary/aromatic N) is 3. The van der Waals surface area contributed by atoms with E-state index in [0.717, 1.165) is 55.3 Å². The second-order valence-corrected chi connectivity index (χ2v) is 8.62. The van der Waals surface area contributed by atoms with Crippen molar-refractivity contribution in [2.45, 2.75) is 84.6 Å². The molecule has 1 aliphatic rings. The maximum absolute atomic E-state index is 13.0. The second kappa shape index (κ2) is 10.1. The Hall–Kier alpha value is -2.70. The molecule has 1 fully saturated rings. The van der Waals surface area contributed by atoms with Crippen LogP contribution < -0.4 is 10.2 Å². The predicted molar refractivity (Wildman–Crippen MR) is 120 cm³/mol. The van der Waals surface area contributed by atoms with Crippen LogP contribution in [0, 0.1) is 13.8 Å². The van der Waals surface area contributed by atoms with E-state index >= 15 is 0 Å². The third kappa shape index (κ3) is 5.51. The molecule has 0 bridgehead atoms. The van der Waals surface area contributed by atoms with E-state index < -0.39 is 5.54 Å². The number of hydrogen-bond acceptors (Lipinski definition) is 5. The average Bonchev–Trinajstić information content (AvgIpc) is 3.09. The summed E-state index contributed by atoms with van der Waals surface area (Å²) < 4.78 is 5.49. The van der Waals surface area contributed by atoms with Gasteiger partial charge in [0.05, 0.1) is 0 Å². The van der Waals surface area contributed by atoms with E-state index in [9.17, 15) is 9.59 Å². The second-order valence-electron chi connectivity index (χ2n) is 8.62. The van der Waals surface area contributed by atoms with E-state index in [1.54, 1.807) is 0 Å². The molecular formula is C24H34N4O3. The van der Waals surface area contributed by atoms with Gasteiger partial charge >= 0.3 is 0 Å². The number of aryl methyl sites for hydroxylation is 3. The minimum absolute atomic E-state index is 0.0296. The molecule has 0 radical (unpaired) electrons. The normalized spacial score (nSPS) is 15.9. The van der Waals surface area contributed by atoms with Crippen molar-refractivity contribution in [3.8, 4) is 0 Å². The minimum atomic E-state index is -0.567. The first-order chi connectivity index (χ1) is 14.8. The Labute approximate surface area is 184 Å². The van der Waals surface area contributed by atoms with Gasteiger partial charge in [-0.2, -0.15) is 4.98 Å². The van der Waals surface area contributed by atoms with Gasteiger partial charge < -0.3 is 14.7 Å². The van der Waals surface area contributed by atoms with Crippen LogP contribution in [0.3, 0.4) is 0 Å². The van der Waals surface area contributed by atoms with Crippen molar-refractivity contribution in [1.29, 1.82) is 0 Å². The molecule has 1 aromatic carbocycles. The smallest absolute Gasteiger partial charge is 0.227 e. The quantitative estimate of drug-likeness (QED) is 0.665. The Morgan fingerprint density at radius 3 is 2.52 bits per heavy atom. The molecule has 2 aromatic rings. The van der Waals surface area contributed by atoms with Gasteiger partial charge in [0.25, 0.3) is 0 Å². The summed E-state index contributed by atoms with van der Waals surface area (Å²) in [5.41, 5.74) is 2.58. The molecule has 0 unspecified atom stereocenters. The zero-order chi connectivity index (χ0) is 22.4. The number of carbonyl (C=O) groups is 2. The third-order valence-corrected chi connectivity index (χ3v) is 6.09. The highest BCUT2D eigenvalue weighted by molar-refractivity contribution is 5.94. The lowest BCUT2D eigenvalue weighted by atomic mass is 9.89. The van der Waals surface area contributed by atoms with Crippen molar-refractivity contribution in [3.63, 3.8) is 0 Å². The summed E-state index contributed by atoms with van der Waals surface area (Å²) in [6, 6.07) is 6.14. The first-order valence-corrected chi connectivity index (χ1v) is 11.3. The molecule has 1 aromatic heterocycles. The predicted octanol–water partition coefficient (Wildman–Crippen LogP) is 4.36. The summed E-state index contributed by atoms with van der Waals surface area (Å²) in [6.07, 6.45) is 6.60. The Balaban J connectivity index is 1.71. The SMILES string of the molecule is CCN(C(=O)CCc1nc(C2(NC(C)=O)CCCCCC2)no1)c1cc(C)ccc1C. The standard InChI is InChI=1S/C24H34N4O3/c1-5-28(20-16-17(2)10-11-18(20)3)22(30)13-12-21-25-23(27-31-21)24(26-19(4)29)14-8-6-7-9-15-24/h10-11,16H,5-9,12-15H2,1-4H3,(H,26,29). The van der Waals surface area contributed by atoms with Gasteiger partial charge in [0.15, 0.2) is 5.82 Å². The summed E-state index contributed by atoms with van der Waals surface area (Å²) in [6.45, 7) is 8.15. The molecule has 1 saturated carbocycles. The van der Waals surface area contributed by atoms with Crippen LogP contribution in [0.4, 0.5) is 5.69 Å². The van der Waals surface area contributed by atoms with Gasteiger partial charge in [-0.25, -0.2) is 0 Å². The summed E-state index contributed by atoms with van der Waals surface area (Å²) in [4.78, 5) is 31.2. The van der Waals surface area contributed by atoms with Crippen LogP contribution >= 0.6 is 0 Å². The minimum Gasteiger partial charge on any atom is -0.343 e. The van der Waals surface area contributed by atoms with Crippen LogP contribution in [0.1, 0.15) is 81.6 Å². The largest absolute Gasteiger partial charge is 0.343 e. The number of benzene rings is 1. The number of aromatic nitrogens is 2. The Morgan fingerprint density at radius 2 is 1.87 bits per heavy atom. The highest BCUT2D eigenvalue weighted by atomic mass is 16.5. The first kappa shape index (κ1) is 23.0.